The normalized spacial score (nSPS) is 12.4. The summed E-state index contributed by atoms with van der Waals surface area (Å²) in [5.41, 5.74) is 1.47. The molecule has 0 aromatic heterocycles. The minimum atomic E-state index is -1.72. The van der Waals surface area contributed by atoms with Crippen LogP contribution in [-0.2, 0) is 0 Å². The number of benzene rings is 3. The van der Waals surface area contributed by atoms with Gasteiger partial charge < -0.3 is 0 Å². The van der Waals surface area contributed by atoms with Crippen molar-refractivity contribution in [2.45, 2.75) is 20.8 Å². The largest absolute Gasteiger partial charge is 0.115 e. The Morgan fingerprint density at radius 1 is 0.692 bits per heavy atom. The van der Waals surface area contributed by atoms with Crippen LogP contribution in [0.25, 0.3) is 0 Å². The van der Waals surface area contributed by atoms with E-state index in [9.17, 15) is 0 Å². The summed E-state index contributed by atoms with van der Waals surface area (Å²) in [6, 6.07) is 33.3. The van der Waals surface area contributed by atoms with Crippen molar-refractivity contribution in [1.29, 1.82) is 0 Å². The smallest absolute Gasteiger partial charge is 0.0711 e. The highest BCUT2D eigenvalue weighted by Crippen LogP contribution is 2.55. The SMILES string of the molecule is CC(=CC[P+](c1ccccc1)(c1ccccc1)c1ccccc1)C(C)C. The van der Waals surface area contributed by atoms with Crippen LogP contribution in [-0.4, -0.2) is 6.16 Å². The molecule has 3 rings (SSSR count). The van der Waals surface area contributed by atoms with Crippen molar-refractivity contribution in [3.05, 3.63) is 103 Å². The summed E-state index contributed by atoms with van der Waals surface area (Å²) in [6.07, 6.45) is 3.54. The lowest BCUT2D eigenvalue weighted by Gasteiger charge is -2.27. The predicted octanol–water partition coefficient (Wildman–Crippen LogP) is 5.58. The van der Waals surface area contributed by atoms with E-state index in [1.807, 2.05) is 0 Å². The number of hydrogen-bond donors (Lipinski definition) is 0. The van der Waals surface area contributed by atoms with Crippen molar-refractivity contribution in [2.75, 3.05) is 6.16 Å². The van der Waals surface area contributed by atoms with Gasteiger partial charge in [-0.05, 0) is 55.3 Å². The molecule has 0 fully saturated rings. The maximum Gasteiger partial charge on any atom is 0.115 e. The second-order valence-corrected chi connectivity index (χ2v) is 10.6. The van der Waals surface area contributed by atoms with Gasteiger partial charge in [-0.3, -0.25) is 0 Å². The van der Waals surface area contributed by atoms with Gasteiger partial charge in [0.2, 0.25) is 0 Å². The molecule has 0 heterocycles. The number of rotatable bonds is 6. The molecule has 0 N–H and O–H groups in total. The minimum Gasteiger partial charge on any atom is -0.0711 e. The molecular weight excluding hydrogens is 331 g/mol. The summed E-state index contributed by atoms with van der Waals surface area (Å²) in [4.78, 5) is 0. The zero-order chi connectivity index (χ0) is 18.4. The Kier molecular flexibility index (Phi) is 6.07. The molecule has 3 aromatic carbocycles. The summed E-state index contributed by atoms with van der Waals surface area (Å²) in [5, 5.41) is 4.35. The Balaban J connectivity index is 2.26. The molecular formula is C25H28P+. The fraction of sp³-hybridized carbons (Fsp3) is 0.200. The highest BCUT2D eigenvalue weighted by Gasteiger charge is 2.44. The summed E-state index contributed by atoms with van der Waals surface area (Å²) < 4.78 is 0. The van der Waals surface area contributed by atoms with Crippen LogP contribution in [0, 0.1) is 5.92 Å². The third-order valence-corrected chi connectivity index (χ3v) is 9.46. The predicted molar refractivity (Wildman–Crippen MR) is 119 cm³/mol. The second kappa shape index (κ2) is 8.47. The number of allylic oxidation sites excluding steroid dienone is 2. The van der Waals surface area contributed by atoms with E-state index in [1.165, 1.54) is 21.5 Å². The van der Waals surface area contributed by atoms with Crippen molar-refractivity contribution < 1.29 is 0 Å². The fourth-order valence-corrected chi connectivity index (χ4v) is 7.46. The zero-order valence-electron chi connectivity index (χ0n) is 16.0. The van der Waals surface area contributed by atoms with Gasteiger partial charge in [-0.15, -0.1) is 0 Å². The molecule has 0 bridgehead atoms. The van der Waals surface area contributed by atoms with E-state index in [-0.39, 0.29) is 0 Å². The summed E-state index contributed by atoms with van der Waals surface area (Å²) in [6.45, 7) is 6.82. The Hall–Kier alpha value is -2.17. The van der Waals surface area contributed by atoms with Crippen LogP contribution in [0.3, 0.4) is 0 Å². The molecule has 0 saturated heterocycles. The zero-order valence-corrected chi connectivity index (χ0v) is 16.9. The van der Waals surface area contributed by atoms with E-state index >= 15 is 0 Å². The quantitative estimate of drug-likeness (QED) is 0.398. The van der Waals surface area contributed by atoms with Gasteiger partial charge in [0.25, 0.3) is 0 Å². The molecule has 0 atom stereocenters. The Bertz CT molecular complexity index is 736. The van der Waals surface area contributed by atoms with E-state index < -0.39 is 7.26 Å². The highest BCUT2D eigenvalue weighted by molar-refractivity contribution is 7.95. The Morgan fingerprint density at radius 3 is 1.35 bits per heavy atom. The molecule has 132 valence electrons. The molecule has 0 radical (unpaired) electrons. The van der Waals surface area contributed by atoms with Crippen molar-refractivity contribution in [3.8, 4) is 0 Å². The topological polar surface area (TPSA) is 0 Å². The summed E-state index contributed by atoms with van der Waals surface area (Å²) >= 11 is 0. The lowest BCUT2D eigenvalue weighted by molar-refractivity contribution is 0.767. The van der Waals surface area contributed by atoms with E-state index in [4.69, 9.17) is 0 Å². The maximum absolute atomic E-state index is 2.48. The van der Waals surface area contributed by atoms with Crippen LogP contribution in [0.2, 0.25) is 0 Å². The lowest BCUT2D eigenvalue weighted by Crippen LogP contribution is -2.33. The Labute approximate surface area is 158 Å². The third kappa shape index (κ3) is 3.81. The first-order valence-corrected chi connectivity index (χ1v) is 11.3. The van der Waals surface area contributed by atoms with Gasteiger partial charge in [-0.25, -0.2) is 0 Å². The van der Waals surface area contributed by atoms with E-state index in [2.05, 4.69) is 118 Å². The number of hydrogen-bond acceptors (Lipinski definition) is 0. The van der Waals surface area contributed by atoms with Gasteiger partial charge in [-0.2, -0.15) is 0 Å². The monoisotopic (exact) mass is 359 g/mol. The van der Waals surface area contributed by atoms with Gasteiger partial charge >= 0.3 is 0 Å². The molecule has 0 saturated carbocycles. The van der Waals surface area contributed by atoms with Crippen LogP contribution in [0.5, 0.6) is 0 Å². The summed E-state index contributed by atoms with van der Waals surface area (Å²) in [7, 11) is -1.72. The van der Waals surface area contributed by atoms with Gasteiger partial charge in [0.15, 0.2) is 0 Å². The highest BCUT2D eigenvalue weighted by atomic mass is 31.2. The van der Waals surface area contributed by atoms with Crippen LogP contribution in [0.1, 0.15) is 20.8 Å². The van der Waals surface area contributed by atoms with E-state index in [0.29, 0.717) is 5.92 Å². The second-order valence-electron chi connectivity index (χ2n) is 7.10. The van der Waals surface area contributed by atoms with E-state index in [1.54, 1.807) is 0 Å². The molecule has 0 amide bonds. The maximum atomic E-state index is 2.48. The van der Waals surface area contributed by atoms with Crippen LogP contribution < -0.4 is 15.9 Å². The van der Waals surface area contributed by atoms with Gasteiger partial charge in [0, 0.05) is 0 Å². The van der Waals surface area contributed by atoms with Gasteiger partial charge in [0.05, 0.1) is 6.16 Å². The molecule has 0 aliphatic rings. The van der Waals surface area contributed by atoms with Crippen LogP contribution >= 0.6 is 7.26 Å². The van der Waals surface area contributed by atoms with Gasteiger partial charge in [-0.1, -0.05) is 74.0 Å². The first-order valence-electron chi connectivity index (χ1n) is 9.36. The third-order valence-electron chi connectivity index (χ3n) is 5.19. The van der Waals surface area contributed by atoms with Gasteiger partial charge in [0.1, 0.15) is 23.2 Å². The molecule has 3 aromatic rings. The molecule has 26 heavy (non-hydrogen) atoms. The van der Waals surface area contributed by atoms with Crippen molar-refractivity contribution in [2.24, 2.45) is 5.92 Å². The Morgan fingerprint density at radius 2 is 1.04 bits per heavy atom. The molecule has 0 spiro atoms. The average Bonchev–Trinajstić information content (AvgIpc) is 2.70. The fourth-order valence-electron chi connectivity index (χ4n) is 3.33. The van der Waals surface area contributed by atoms with Crippen LogP contribution in [0.15, 0.2) is 103 Å². The van der Waals surface area contributed by atoms with Crippen molar-refractivity contribution in [3.63, 3.8) is 0 Å². The molecule has 0 aliphatic carbocycles. The summed E-state index contributed by atoms with van der Waals surface area (Å²) in [5.74, 6) is 0.583. The molecule has 0 unspecified atom stereocenters. The van der Waals surface area contributed by atoms with Crippen molar-refractivity contribution >= 4 is 23.2 Å². The molecule has 0 aliphatic heterocycles. The van der Waals surface area contributed by atoms with Crippen molar-refractivity contribution in [1.82, 2.24) is 0 Å². The average molecular weight is 359 g/mol. The first-order chi connectivity index (χ1) is 12.6. The standard InChI is InChI=1S/C25H28P/c1-21(2)22(3)19-20-26(23-13-7-4-8-14-23,24-15-9-5-10-16-24)25-17-11-6-12-18-25/h4-19,21H,20H2,1-3H3/q+1. The lowest BCUT2D eigenvalue weighted by atomic mass is 10.1. The van der Waals surface area contributed by atoms with E-state index in [0.717, 1.165) is 6.16 Å². The first kappa shape index (κ1) is 18.6. The minimum absolute atomic E-state index is 0.583. The molecule has 0 nitrogen and oxygen atoms in total. The van der Waals surface area contributed by atoms with Crippen LogP contribution in [0.4, 0.5) is 0 Å². The molecule has 1 heteroatoms.